The van der Waals surface area contributed by atoms with Gasteiger partial charge >= 0.3 is 0 Å². The fraction of sp³-hybridized carbons (Fsp3) is 0.385. The molecule has 0 radical (unpaired) electrons. The highest BCUT2D eigenvalue weighted by atomic mass is 32.2. The Hall–Kier alpha value is -0.930. The number of rotatable bonds is 2. The summed E-state index contributed by atoms with van der Waals surface area (Å²) in [5, 5.41) is 1.33. The van der Waals surface area contributed by atoms with Gasteiger partial charge in [-0.25, -0.2) is 4.31 Å². The van der Waals surface area contributed by atoms with Crippen LogP contribution in [0.5, 0.6) is 0 Å². The van der Waals surface area contributed by atoms with Crippen LogP contribution in [0.3, 0.4) is 0 Å². The van der Waals surface area contributed by atoms with Gasteiger partial charge in [-0.2, -0.15) is 0 Å². The Labute approximate surface area is 101 Å². The Kier molecular flexibility index (Phi) is 2.89. The molecule has 0 spiro atoms. The Morgan fingerprint density at radius 1 is 0.938 bits per heavy atom. The fourth-order valence-electron chi connectivity index (χ4n) is 2.20. The molecule has 2 aromatic rings. The van der Waals surface area contributed by atoms with Crippen LogP contribution in [0.25, 0.3) is 10.9 Å². The first-order chi connectivity index (χ1) is 7.93. The summed E-state index contributed by atoms with van der Waals surface area (Å²) < 4.78 is 4.75. The van der Waals surface area contributed by atoms with Crippen LogP contribution in [-0.4, -0.2) is 21.4 Å². The van der Waals surface area contributed by atoms with E-state index in [1.54, 1.807) is 0 Å². The number of hydrogen-bond donors (Lipinski definition) is 0. The molecule has 1 aromatic heterocycles. The van der Waals surface area contributed by atoms with Crippen molar-refractivity contribution in [1.82, 2.24) is 8.28 Å². The summed E-state index contributed by atoms with van der Waals surface area (Å²) in [5.41, 5.74) is 1.32. The SMILES string of the molecule is c1ccc2c(c1)ccn2SN1CCCCC1. The van der Waals surface area contributed by atoms with Gasteiger partial charge in [0.25, 0.3) is 0 Å². The van der Waals surface area contributed by atoms with Crippen LogP contribution in [0.2, 0.25) is 0 Å². The monoisotopic (exact) mass is 232 g/mol. The number of aromatic nitrogens is 1. The summed E-state index contributed by atoms with van der Waals surface area (Å²) in [6.07, 6.45) is 6.24. The van der Waals surface area contributed by atoms with Crippen molar-refractivity contribution >= 4 is 23.0 Å². The van der Waals surface area contributed by atoms with E-state index >= 15 is 0 Å². The maximum absolute atomic E-state index is 2.47. The lowest BCUT2D eigenvalue weighted by Gasteiger charge is -2.25. The smallest absolute Gasteiger partial charge is 0.0603 e. The van der Waals surface area contributed by atoms with Crippen LogP contribution in [0.1, 0.15) is 19.3 Å². The number of para-hydroxylation sites is 1. The quantitative estimate of drug-likeness (QED) is 0.732. The van der Waals surface area contributed by atoms with Crippen molar-refractivity contribution < 1.29 is 0 Å². The number of fused-ring (bicyclic) bond motifs is 1. The molecular weight excluding hydrogens is 216 g/mol. The van der Waals surface area contributed by atoms with Gasteiger partial charge in [-0.15, -0.1) is 0 Å². The van der Waals surface area contributed by atoms with E-state index in [1.807, 2.05) is 12.1 Å². The lowest BCUT2D eigenvalue weighted by Crippen LogP contribution is -2.24. The highest BCUT2D eigenvalue weighted by molar-refractivity contribution is 7.95. The number of nitrogens with zero attached hydrogens (tertiary/aromatic N) is 2. The van der Waals surface area contributed by atoms with Gasteiger partial charge in [0.2, 0.25) is 0 Å². The van der Waals surface area contributed by atoms with E-state index in [2.05, 4.69) is 44.8 Å². The molecule has 3 heteroatoms. The minimum absolute atomic E-state index is 1.22. The maximum Gasteiger partial charge on any atom is 0.0603 e. The fourth-order valence-corrected chi connectivity index (χ4v) is 3.24. The molecular formula is C13H16N2S. The van der Waals surface area contributed by atoms with E-state index in [0.717, 1.165) is 0 Å². The zero-order chi connectivity index (χ0) is 10.8. The summed E-state index contributed by atoms with van der Waals surface area (Å²) in [6, 6.07) is 10.7. The largest absolute Gasteiger partial charge is 0.278 e. The van der Waals surface area contributed by atoms with Crippen molar-refractivity contribution in [1.29, 1.82) is 0 Å². The van der Waals surface area contributed by atoms with Gasteiger partial charge in [0.1, 0.15) is 0 Å². The predicted molar refractivity (Wildman–Crippen MR) is 70.4 cm³/mol. The van der Waals surface area contributed by atoms with E-state index in [1.165, 1.54) is 43.3 Å². The van der Waals surface area contributed by atoms with Gasteiger partial charge in [-0.1, -0.05) is 24.6 Å². The molecule has 0 N–H and O–H groups in total. The number of hydrogen-bond acceptors (Lipinski definition) is 2. The second kappa shape index (κ2) is 4.52. The first kappa shape index (κ1) is 10.2. The Bertz CT molecular complexity index is 471. The summed E-state index contributed by atoms with van der Waals surface area (Å²) in [7, 11) is 0. The molecule has 1 fully saturated rings. The van der Waals surface area contributed by atoms with Crippen molar-refractivity contribution in [2.45, 2.75) is 19.3 Å². The first-order valence-electron chi connectivity index (χ1n) is 5.93. The molecule has 1 aliphatic heterocycles. The number of piperidine rings is 1. The molecule has 1 aliphatic rings. The molecule has 2 heterocycles. The minimum atomic E-state index is 1.22. The predicted octanol–water partition coefficient (Wildman–Crippen LogP) is 3.54. The van der Waals surface area contributed by atoms with Crippen molar-refractivity contribution in [2.75, 3.05) is 13.1 Å². The maximum atomic E-state index is 2.47. The van der Waals surface area contributed by atoms with E-state index < -0.39 is 0 Å². The molecule has 0 unspecified atom stereocenters. The molecule has 0 amide bonds. The Morgan fingerprint density at radius 3 is 2.62 bits per heavy atom. The van der Waals surface area contributed by atoms with E-state index in [9.17, 15) is 0 Å². The Balaban J connectivity index is 1.83. The second-order valence-corrected chi connectivity index (χ2v) is 5.34. The van der Waals surface area contributed by atoms with Crippen molar-refractivity contribution in [3.05, 3.63) is 36.5 Å². The summed E-state index contributed by atoms with van der Waals surface area (Å²) in [5.74, 6) is 0. The van der Waals surface area contributed by atoms with Gasteiger partial charge in [-0.05, 0) is 25.0 Å². The average molecular weight is 232 g/mol. The third-order valence-corrected chi connectivity index (χ3v) is 4.17. The molecule has 2 nitrogen and oxygen atoms in total. The third-order valence-electron chi connectivity index (χ3n) is 3.08. The van der Waals surface area contributed by atoms with Gasteiger partial charge in [-0.3, -0.25) is 3.97 Å². The molecule has 0 aliphatic carbocycles. The van der Waals surface area contributed by atoms with E-state index in [0.29, 0.717) is 0 Å². The first-order valence-corrected chi connectivity index (χ1v) is 6.66. The molecule has 0 bridgehead atoms. The molecule has 84 valence electrons. The lowest BCUT2D eigenvalue weighted by atomic mass is 10.2. The van der Waals surface area contributed by atoms with Crippen LogP contribution in [0.4, 0.5) is 0 Å². The summed E-state index contributed by atoms with van der Waals surface area (Å²) in [4.78, 5) is 0. The van der Waals surface area contributed by atoms with Crippen LogP contribution in [0, 0.1) is 0 Å². The molecule has 3 rings (SSSR count). The highest BCUT2D eigenvalue weighted by Gasteiger charge is 2.12. The van der Waals surface area contributed by atoms with Crippen LogP contribution in [-0.2, 0) is 0 Å². The van der Waals surface area contributed by atoms with Crippen molar-refractivity contribution in [2.24, 2.45) is 0 Å². The molecule has 16 heavy (non-hydrogen) atoms. The van der Waals surface area contributed by atoms with Crippen LogP contribution in [0.15, 0.2) is 36.5 Å². The summed E-state index contributed by atoms with van der Waals surface area (Å²) in [6.45, 7) is 2.44. The van der Waals surface area contributed by atoms with Gasteiger partial charge < -0.3 is 0 Å². The molecule has 1 aromatic carbocycles. The second-order valence-electron chi connectivity index (χ2n) is 4.27. The van der Waals surface area contributed by atoms with Gasteiger partial charge in [0.15, 0.2) is 0 Å². The van der Waals surface area contributed by atoms with Crippen LogP contribution < -0.4 is 0 Å². The standard InChI is InChI=1S/C13H16N2S/c1-4-9-14(10-5-1)16-15-11-8-12-6-2-3-7-13(12)15/h2-3,6-8,11H,1,4-5,9-10H2. The lowest BCUT2D eigenvalue weighted by molar-refractivity contribution is 0.379. The van der Waals surface area contributed by atoms with E-state index in [-0.39, 0.29) is 0 Å². The topological polar surface area (TPSA) is 8.17 Å². The zero-order valence-corrected chi connectivity index (χ0v) is 10.1. The Morgan fingerprint density at radius 2 is 1.75 bits per heavy atom. The van der Waals surface area contributed by atoms with Crippen molar-refractivity contribution in [3.63, 3.8) is 0 Å². The van der Waals surface area contributed by atoms with Crippen molar-refractivity contribution in [3.8, 4) is 0 Å². The highest BCUT2D eigenvalue weighted by Crippen LogP contribution is 2.25. The molecule has 0 atom stereocenters. The summed E-state index contributed by atoms with van der Waals surface area (Å²) >= 11 is 1.85. The average Bonchev–Trinajstić information content (AvgIpc) is 2.74. The molecule has 0 saturated carbocycles. The normalized spacial score (nSPS) is 18.0. The van der Waals surface area contributed by atoms with Gasteiger partial charge in [0, 0.05) is 36.8 Å². The minimum Gasteiger partial charge on any atom is -0.278 e. The third kappa shape index (κ3) is 1.97. The van der Waals surface area contributed by atoms with Crippen LogP contribution >= 0.6 is 12.1 Å². The van der Waals surface area contributed by atoms with E-state index in [4.69, 9.17) is 0 Å². The van der Waals surface area contributed by atoms with Gasteiger partial charge in [0.05, 0.1) is 5.52 Å². The zero-order valence-electron chi connectivity index (χ0n) is 9.30. The molecule has 1 saturated heterocycles. The number of benzene rings is 1.